The van der Waals surface area contributed by atoms with Gasteiger partial charge in [-0.1, -0.05) is 0 Å². The average Bonchev–Trinajstić information content (AvgIpc) is 2.85. The second kappa shape index (κ2) is 6.17. The van der Waals surface area contributed by atoms with Crippen molar-refractivity contribution in [3.63, 3.8) is 0 Å². The van der Waals surface area contributed by atoms with Crippen LogP contribution in [0.4, 0.5) is 0 Å². The molecule has 0 saturated heterocycles. The lowest BCUT2D eigenvalue weighted by Gasteiger charge is -2.15. The van der Waals surface area contributed by atoms with Gasteiger partial charge in [-0.15, -0.1) is 22.7 Å². The lowest BCUT2D eigenvalue weighted by Crippen LogP contribution is -2.25. The summed E-state index contributed by atoms with van der Waals surface area (Å²) >= 11 is 13.3. The first-order chi connectivity index (χ1) is 8.47. The van der Waals surface area contributed by atoms with Crippen LogP contribution in [0.25, 0.3) is 0 Å². The summed E-state index contributed by atoms with van der Waals surface area (Å²) in [6, 6.07) is 3.88. The van der Waals surface area contributed by atoms with E-state index >= 15 is 0 Å². The molecule has 18 heavy (non-hydrogen) atoms. The van der Waals surface area contributed by atoms with Crippen molar-refractivity contribution in [2.24, 2.45) is 0 Å². The molecular formula is C11H8Br3NOS2. The zero-order valence-corrected chi connectivity index (χ0v) is 15.6. The standard InChI is InChI=1S/C11H8Br3NOS2/c1-15(4-6-2-9(13)17-5-6)11(16)8-3-7(12)10(14)18-8/h2-3,5H,4H2,1H3. The van der Waals surface area contributed by atoms with Crippen LogP contribution in [0.15, 0.2) is 29.6 Å². The molecule has 0 radical (unpaired) electrons. The van der Waals surface area contributed by atoms with E-state index in [-0.39, 0.29) is 5.91 Å². The van der Waals surface area contributed by atoms with E-state index < -0.39 is 0 Å². The highest BCUT2D eigenvalue weighted by atomic mass is 79.9. The van der Waals surface area contributed by atoms with Gasteiger partial charge in [-0.05, 0) is 70.9 Å². The maximum atomic E-state index is 12.2. The molecule has 2 heterocycles. The van der Waals surface area contributed by atoms with Gasteiger partial charge in [0.25, 0.3) is 5.91 Å². The maximum absolute atomic E-state index is 12.2. The molecule has 96 valence electrons. The van der Waals surface area contributed by atoms with Crippen molar-refractivity contribution in [2.75, 3.05) is 7.05 Å². The fourth-order valence-corrected chi connectivity index (χ4v) is 4.65. The smallest absolute Gasteiger partial charge is 0.264 e. The fraction of sp³-hybridized carbons (Fsp3) is 0.182. The Bertz CT molecular complexity index is 559. The van der Waals surface area contributed by atoms with E-state index in [0.717, 1.165) is 22.5 Å². The predicted molar refractivity (Wildman–Crippen MR) is 87.5 cm³/mol. The zero-order valence-electron chi connectivity index (χ0n) is 9.25. The van der Waals surface area contributed by atoms with Gasteiger partial charge in [0.2, 0.25) is 0 Å². The molecule has 0 unspecified atom stereocenters. The highest BCUT2D eigenvalue weighted by Crippen LogP contribution is 2.33. The first-order valence-corrected chi connectivity index (χ1v) is 8.98. The Morgan fingerprint density at radius 2 is 2.06 bits per heavy atom. The average molecular weight is 474 g/mol. The number of amides is 1. The molecule has 2 aromatic heterocycles. The molecule has 1 amide bonds. The number of hydrogen-bond donors (Lipinski definition) is 0. The Labute approximate surface area is 138 Å². The van der Waals surface area contributed by atoms with Crippen molar-refractivity contribution in [1.29, 1.82) is 0 Å². The summed E-state index contributed by atoms with van der Waals surface area (Å²) in [6.45, 7) is 0.619. The molecule has 2 aromatic rings. The third kappa shape index (κ3) is 3.45. The van der Waals surface area contributed by atoms with Crippen LogP contribution < -0.4 is 0 Å². The van der Waals surface area contributed by atoms with E-state index in [2.05, 4.69) is 47.8 Å². The van der Waals surface area contributed by atoms with Crippen LogP contribution in [0.1, 0.15) is 15.2 Å². The predicted octanol–water partition coefficient (Wildman–Crippen LogP) is 5.37. The summed E-state index contributed by atoms with van der Waals surface area (Å²) in [7, 11) is 1.81. The third-order valence-electron chi connectivity index (χ3n) is 2.24. The van der Waals surface area contributed by atoms with Crippen molar-refractivity contribution in [3.05, 3.63) is 40.0 Å². The summed E-state index contributed by atoms with van der Waals surface area (Å²) in [5.74, 6) is 0.0359. The monoisotopic (exact) mass is 471 g/mol. The van der Waals surface area contributed by atoms with E-state index in [9.17, 15) is 4.79 Å². The van der Waals surface area contributed by atoms with Gasteiger partial charge in [0, 0.05) is 18.1 Å². The minimum absolute atomic E-state index is 0.0359. The maximum Gasteiger partial charge on any atom is 0.264 e. The Kier molecular flexibility index (Phi) is 5.05. The van der Waals surface area contributed by atoms with Crippen LogP contribution in [-0.4, -0.2) is 17.9 Å². The molecule has 0 aromatic carbocycles. The van der Waals surface area contributed by atoms with Crippen LogP contribution in [0, 0.1) is 0 Å². The molecule has 0 aliphatic carbocycles. The number of nitrogens with zero attached hydrogens (tertiary/aromatic N) is 1. The summed E-state index contributed by atoms with van der Waals surface area (Å²) < 4.78 is 2.94. The van der Waals surface area contributed by atoms with Crippen molar-refractivity contribution < 1.29 is 4.79 Å². The Balaban J connectivity index is 2.09. The van der Waals surface area contributed by atoms with Crippen molar-refractivity contribution in [1.82, 2.24) is 4.90 Å². The van der Waals surface area contributed by atoms with Crippen molar-refractivity contribution >= 4 is 76.4 Å². The number of rotatable bonds is 3. The minimum atomic E-state index is 0.0359. The largest absolute Gasteiger partial charge is 0.337 e. The molecule has 7 heteroatoms. The van der Waals surface area contributed by atoms with Gasteiger partial charge in [-0.3, -0.25) is 4.79 Å². The van der Waals surface area contributed by atoms with Gasteiger partial charge < -0.3 is 4.90 Å². The minimum Gasteiger partial charge on any atom is -0.337 e. The van der Waals surface area contributed by atoms with E-state index in [1.54, 1.807) is 16.2 Å². The van der Waals surface area contributed by atoms with E-state index in [1.165, 1.54) is 11.3 Å². The first-order valence-electron chi connectivity index (χ1n) is 4.90. The second-order valence-corrected chi connectivity index (χ2v) is 9.17. The number of halogens is 3. The Morgan fingerprint density at radius 1 is 1.33 bits per heavy atom. The van der Waals surface area contributed by atoms with E-state index in [1.807, 2.05) is 24.6 Å². The normalized spacial score (nSPS) is 10.7. The van der Waals surface area contributed by atoms with E-state index in [4.69, 9.17) is 0 Å². The van der Waals surface area contributed by atoms with Gasteiger partial charge in [-0.25, -0.2) is 0 Å². The van der Waals surface area contributed by atoms with Crippen LogP contribution >= 0.6 is 70.5 Å². The van der Waals surface area contributed by atoms with Crippen molar-refractivity contribution in [3.8, 4) is 0 Å². The van der Waals surface area contributed by atoms with Gasteiger partial charge in [-0.2, -0.15) is 0 Å². The molecule has 2 rings (SSSR count). The molecule has 0 atom stereocenters. The zero-order chi connectivity index (χ0) is 13.3. The number of thiophene rings is 2. The third-order valence-corrected chi connectivity index (χ3v) is 7.04. The summed E-state index contributed by atoms with van der Waals surface area (Å²) in [5.41, 5.74) is 1.14. The summed E-state index contributed by atoms with van der Waals surface area (Å²) in [5, 5.41) is 2.05. The second-order valence-electron chi connectivity index (χ2n) is 3.65. The van der Waals surface area contributed by atoms with Gasteiger partial charge in [0.1, 0.15) is 0 Å². The highest BCUT2D eigenvalue weighted by molar-refractivity contribution is 9.13. The summed E-state index contributed by atoms with van der Waals surface area (Å²) in [6.07, 6.45) is 0. The lowest BCUT2D eigenvalue weighted by atomic mass is 10.3. The quantitative estimate of drug-likeness (QED) is 0.587. The Hall–Kier alpha value is 0.310. The summed E-state index contributed by atoms with van der Waals surface area (Å²) in [4.78, 5) is 14.7. The molecule has 0 N–H and O–H groups in total. The molecule has 2 nitrogen and oxygen atoms in total. The van der Waals surface area contributed by atoms with Gasteiger partial charge >= 0.3 is 0 Å². The van der Waals surface area contributed by atoms with Crippen LogP contribution in [0.2, 0.25) is 0 Å². The topological polar surface area (TPSA) is 20.3 Å². The molecule has 0 bridgehead atoms. The van der Waals surface area contributed by atoms with Gasteiger partial charge in [0.15, 0.2) is 0 Å². The number of carbonyl (C=O) groups excluding carboxylic acids is 1. The molecule has 0 fully saturated rings. The molecule has 0 aliphatic rings. The highest BCUT2D eigenvalue weighted by Gasteiger charge is 2.16. The SMILES string of the molecule is CN(Cc1csc(Br)c1)C(=O)c1cc(Br)c(Br)s1. The Morgan fingerprint density at radius 3 is 2.56 bits per heavy atom. The van der Waals surface area contributed by atoms with Crippen LogP contribution in [0.3, 0.4) is 0 Å². The van der Waals surface area contributed by atoms with Gasteiger partial charge in [0.05, 0.1) is 12.4 Å². The van der Waals surface area contributed by atoms with Crippen LogP contribution in [0.5, 0.6) is 0 Å². The molecular weight excluding hydrogens is 466 g/mol. The molecule has 0 spiro atoms. The van der Waals surface area contributed by atoms with E-state index in [0.29, 0.717) is 6.54 Å². The number of carbonyl (C=O) groups is 1. The first kappa shape index (κ1) is 14.7. The molecule has 0 aliphatic heterocycles. The van der Waals surface area contributed by atoms with Crippen molar-refractivity contribution in [2.45, 2.75) is 6.54 Å². The van der Waals surface area contributed by atoms with Crippen LogP contribution in [-0.2, 0) is 6.54 Å². The lowest BCUT2D eigenvalue weighted by molar-refractivity contribution is 0.0790. The fourth-order valence-electron chi connectivity index (χ4n) is 1.41. The number of hydrogen-bond acceptors (Lipinski definition) is 3. The molecule has 0 saturated carbocycles.